The maximum absolute atomic E-state index is 11.0. The number of hydrogen-bond acceptors (Lipinski definition) is 2. The SMILES string of the molecule is O=C=C1C=C2C=CC2C1=O. The summed E-state index contributed by atoms with van der Waals surface area (Å²) in [4.78, 5) is 21.1. The van der Waals surface area contributed by atoms with Gasteiger partial charge in [0, 0.05) is 0 Å². The van der Waals surface area contributed by atoms with Crippen molar-refractivity contribution in [2.75, 3.05) is 0 Å². The molecular formula is C8H4O2. The van der Waals surface area contributed by atoms with Gasteiger partial charge in [-0.3, -0.25) is 4.79 Å². The highest BCUT2D eigenvalue weighted by Crippen LogP contribution is 2.34. The lowest BCUT2D eigenvalue weighted by molar-refractivity contribution is -0.116. The highest BCUT2D eigenvalue weighted by Gasteiger charge is 2.33. The van der Waals surface area contributed by atoms with E-state index in [1.807, 2.05) is 6.08 Å². The van der Waals surface area contributed by atoms with Crippen LogP contribution in [0.3, 0.4) is 0 Å². The third-order valence-electron chi connectivity index (χ3n) is 1.81. The molecule has 2 aliphatic carbocycles. The maximum atomic E-state index is 11.0. The van der Waals surface area contributed by atoms with Crippen molar-refractivity contribution in [2.45, 2.75) is 0 Å². The summed E-state index contributed by atoms with van der Waals surface area (Å²) in [6.45, 7) is 0. The van der Waals surface area contributed by atoms with Crippen LogP contribution in [0, 0.1) is 5.92 Å². The number of carbonyl (C=O) groups excluding carboxylic acids is 2. The zero-order chi connectivity index (χ0) is 7.14. The van der Waals surface area contributed by atoms with Gasteiger partial charge in [0.15, 0.2) is 5.78 Å². The maximum Gasteiger partial charge on any atom is 0.185 e. The average molecular weight is 132 g/mol. The van der Waals surface area contributed by atoms with Gasteiger partial charge in [-0.2, -0.15) is 0 Å². The molecule has 2 nitrogen and oxygen atoms in total. The highest BCUT2D eigenvalue weighted by atomic mass is 16.1. The summed E-state index contributed by atoms with van der Waals surface area (Å²) in [7, 11) is 0. The third kappa shape index (κ3) is 0.444. The Balaban J connectivity index is 2.54. The van der Waals surface area contributed by atoms with E-state index >= 15 is 0 Å². The minimum absolute atomic E-state index is 0.104. The molecule has 1 unspecified atom stereocenters. The van der Waals surface area contributed by atoms with Crippen LogP contribution >= 0.6 is 0 Å². The highest BCUT2D eigenvalue weighted by molar-refractivity contribution is 6.13. The predicted octanol–water partition coefficient (Wildman–Crippen LogP) is 0.439. The third-order valence-corrected chi connectivity index (χ3v) is 1.81. The van der Waals surface area contributed by atoms with Crippen molar-refractivity contribution in [3.8, 4) is 0 Å². The van der Waals surface area contributed by atoms with Crippen LogP contribution in [-0.2, 0) is 9.59 Å². The first-order chi connectivity index (χ1) is 4.83. The Bertz CT molecular complexity index is 314. The molecule has 2 heteroatoms. The Morgan fingerprint density at radius 2 is 2.30 bits per heavy atom. The predicted molar refractivity (Wildman–Crippen MR) is 34.9 cm³/mol. The van der Waals surface area contributed by atoms with E-state index in [2.05, 4.69) is 0 Å². The number of Topliss-reactive ketones (excluding diaryl/α,β-unsaturated/α-hetero) is 1. The molecule has 2 aliphatic rings. The number of carbonyl (C=O) groups is 1. The van der Waals surface area contributed by atoms with E-state index in [1.54, 1.807) is 18.1 Å². The minimum atomic E-state index is -0.114. The zero-order valence-electron chi connectivity index (χ0n) is 5.13. The van der Waals surface area contributed by atoms with Gasteiger partial charge < -0.3 is 0 Å². The second kappa shape index (κ2) is 1.55. The van der Waals surface area contributed by atoms with Crippen molar-refractivity contribution in [2.24, 2.45) is 5.92 Å². The number of ketones is 1. The molecular weight excluding hydrogens is 128 g/mol. The van der Waals surface area contributed by atoms with E-state index in [1.165, 1.54) is 0 Å². The van der Waals surface area contributed by atoms with Gasteiger partial charge in [0.2, 0.25) is 0 Å². The normalized spacial score (nSPS) is 27.2. The molecule has 0 aliphatic heterocycles. The van der Waals surface area contributed by atoms with Crippen LogP contribution in [0.15, 0.2) is 29.4 Å². The molecule has 0 aromatic carbocycles. The second-order valence-electron chi connectivity index (χ2n) is 2.36. The van der Waals surface area contributed by atoms with Crippen molar-refractivity contribution < 1.29 is 9.59 Å². The van der Waals surface area contributed by atoms with E-state index in [0.717, 1.165) is 5.57 Å². The Kier molecular flexibility index (Phi) is 0.837. The van der Waals surface area contributed by atoms with Crippen molar-refractivity contribution in [3.63, 3.8) is 0 Å². The standard InChI is InChI=1S/C8H4O2/c9-4-6-3-5-1-2-7(5)8(6)10/h1-3,7H. The Morgan fingerprint density at radius 1 is 1.50 bits per heavy atom. The van der Waals surface area contributed by atoms with Crippen LogP contribution in [0.5, 0.6) is 0 Å². The first kappa shape index (κ1) is 5.39. The number of hydrogen-bond donors (Lipinski definition) is 0. The minimum Gasteiger partial charge on any atom is -0.292 e. The molecule has 0 radical (unpaired) electrons. The van der Waals surface area contributed by atoms with E-state index in [-0.39, 0.29) is 17.3 Å². The van der Waals surface area contributed by atoms with E-state index in [0.29, 0.717) is 0 Å². The molecule has 0 bridgehead atoms. The Hall–Kier alpha value is -1.40. The average Bonchev–Trinajstić information content (AvgIpc) is 2.05. The summed E-state index contributed by atoms with van der Waals surface area (Å²) in [5, 5.41) is 0. The lowest BCUT2D eigenvalue weighted by atomic mass is 9.90. The molecule has 0 fully saturated rings. The molecule has 0 saturated carbocycles. The van der Waals surface area contributed by atoms with Gasteiger partial charge in [0.25, 0.3) is 0 Å². The lowest BCUT2D eigenvalue weighted by Crippen LogP contribution is -2.13. The summed E-state index contributed by atoms with van der Waals surface area (Å²) in [5.41, 5.74) is 1.13. The molecule has 0 N–H and O–H groups in total. The van der Waals surface area contributed by atoms with E-state index < -0.39 is 0 Å². The summed E-state index contributed by atoms with van der Waals surface area (Å²) < 4.78 is 0. The summed E-state index contributed by atoms with van der Waals surface area (Å²) in [6.07, 6.45) is 5.23. The Labute approximate surface area is 57.5 Å². The van der Waals surface area contributed by atoms with Crippen LogP contribution in [-0.4, -0.2) is 11.7 Å². The van der Waals surface area contributed by atoms with Gasteiger partial charge in [-0.25, -0.2) is 4.79 Å². The fourth-order valence-electron chi connectivity index (χ4n) is 1.17. The van der Waals surface area contributed by atoms with Crippen LogP contribution in [0.1, 0.15) is 0 Å². The number of rotatable bonds is 0. The zero-order valence-corrected chi connectivity index (χ0v) is 5.13. The largest absolute Gasteiger partial charge is 0.292 e. The molecule has 10 heavy (non-hydrogen) atoms. The van der Waals surface area contributed by atoms with E-state index in [9.17, 15) is 9.59 Å². The fraction of sp³-hybridized carbons (Fsp3) is 0.125. The molecule has 0 heterocycles. The molecule has 0 amide bonds. The second-order valence-corrected chi connectivity index (χ2v) is 2.36. The van der Waals surface area contributed by atoms with Gasteiger partial charge in [-0.15, -0.1) is 0 Å². The summed E-state index contributed by atoms with van der Waals surface area (Å²) >= 11 is 0. The van der Waals surface area contributed by atoms with Gasteiger partial charge in [0.1, 0.15) is 11.5 Å². The van der Waals surface area contributed by atoms with Gasteiger partial charge >= 0.3 is 0 Å². The topological polar surface area (TPSA) is 34.1 Å². The Morgan fingerprint density at radius 3 is 2.60 bits per heavy atom. The first-order valence-electron chi connectivity index (χ1n) is 3.02. The molecule has 0 spiro atoms. The quantitative estimate of drug-likeness (QED) is 0.354. The van der Waals surface area contributed by atoms with Crippen molar-refractivity contribution in [1.82, 2.24) is 0 Å². The molecule has 2 rings (SSSR count). The van der Waals surface area contributed by atoms with Crippen LogP contribution in [0.25, 0.3) is 0 Å². The fourth-order valence-corrected chi connectivity index (χ4v) is 1.17. The van der Waals surface area contributed by atoms with Crippen LogP contribution in [0.2, 0.25) is 0 Å². The van der Waals surface area contributed by atoms with Crippen molar-refractivity contribution in [3.05, 3.63) is 29.4 Å². The first-order valence-corrected chi connectivity index (χ1v) is 3.02. The van der Waals surface area contributed by atoms with Gasteiger partial charge in [0.05, 0.1) is 5.92 Å². The van der Waals surface area contributed by atoms with Gasteiger partial charge in [-0.05, 0) is 11.6 Å². The lowest BCUT2D eigenvalue weighted by Gasteiger charge is -2.11. The molecule has 1 atom stereocenters. The van der Waals surface area contributed by atoms with Crippen LogP contribution < -0.4 is 0 Å². The summed E-state index contributed by atoms with van der Waals surface area (Å²) in [5.74, 6) is 1.40. The molecule has 48 valence electrons. The molecule has 0 aromatic rings. The van der Waals surface area contributed by atoms with Gasteiger partial charge in [-0.1, -0.05) is 12.2 Å². The summed E-state index contributed by atoms with van der Waals surface area (Å²) in [6, 6.07) is 0. The number of fused-ring (bicyclic) bond motifs is 1. The van der Waals surface area contributed by atoms with E-state index in [4.69, 9.17) is 0 Å². The van der Waals surface area contributed by atoms with Crippen LogP contribution in [0.4, 0.5) is 0 Å². The van der Waals surface area contributed by atoms with Crippen molar-refractivity contribution in [1.29, 1.82) is 0 Å². The van der Waals surface area contributed by atoms with Crippen molar-refractivity contribution >= 4 is 11.7 Å². The smallest absolute Gasteiger partial charge is 0.185 e. The molecule has 0 aromatic heterocycles. The monoisotopic (exact) mass is 132 g/mol. The molecule has 0 saturated heterocycles. The number of allylic oxidation sites excluding steroid dienone is 5.